The Morgan fingerprint density at radius 2 is 2.00 bits per heavy atom. The van der Waals surface area contributed by atoms with Gasteiger partial charge < -0.3 is 5.32 Å². The van der Waals surface area contributed by atoms with Crippen molar-refractivity contribution in [2.45, 2.75) is 31.7 Å². The molecule has 0 radical (unpaired) electrons. The fourth-order valence-corrected chi connectivity index (χ4v) is 3.50. The van der Waals surface area contributed by atoms with Crippen LogP contribution in [-0.2, 0) is 9.84 Å². The second kappa shape index (κ2) is 6.06. The molecule has 1 N–H and O–H groups in total. The van der Waals surface area contributed by atoms with Crippen LogP contribution < -0.4 is 5.32 Å². The van der Waals surface area contributed by atoms with Gasteiger partial charge in [0, 0.05) is 12.3 Å². The summed E-state index contributed by atoms with van der Waals surface area (Å²) in [4.78, 5) is 0. The van der Waals surface area contributed by atoms with Crippen molar-refractivity contribution < 1.29 is 8.42 Å². The summed E-state index contributed by atoms with van der Waals surface area (Å²) in [5.41, 5.74) is 1.38. The second-order valence-electron chi connectivity index (χ2n) is 5.50. The molecule has 1 aromatic carbocycles. The standard InChI is InChI=1S/C15H23NO2S/c1-3-16-15(9-10-19(2,17)18)14-11-13(14)12-7-5-4-6-8-12/h4-8,13-16H,3,9-11H2,1-2H3. The van der Waals surface area contributed by atoms with Crippen molar-refractivity contribution in [2.75, 3.05) is 18.6 Å². The van der Waals surface area contributed by atoms with Crippen molar-refractivity contribution in [3.05, 3.63) is 35.9 Å². The van der Waals surface area contributed by atoms with Gasteiger partial charge in [-0.1, -0.05) is 37.3 Å². The quantitative estimate of drug-likeness (QED) is 0.833. The molecule has 1 aromatic rings. The minimum absolute atomic E-state index is 0.280. The third-order valence-corrected chi connectivity index (χ3v) is 4.83. The van der Waals surface area contributed by atoms with Gasteiger partial charge in [0.25, 0.3) is 0 Å². The molecular weight excluding hydrogens is 258 g/mol. The van der Waals surface area contributed by atoms with Crippen LogP contribution >= 0.6 is 0 Å². The zero-order chi connectivity index (χ0) is 13.9. The number of hydrogen-bond acceptors (Lipinski definition) is 3. The molecule has 1 fully saturated rings. The van der Waals surface area contributed by atoms with Gasteiger partial charge in [-0.3, -0.25) is 0 Å². The van der Waals surface area contributed by atoms with Crippen molar-refractivity contribution in [1.29, 1.82) is 0 Å². The van der Waals surface area contributed by atoms with E-state index < -0.39 is 9.84 Å². The van der Waals surface area contributed by atoms with E-state index in [4.69, 9.17) is 0 Å². The van der Waals surface area contributed by atoms with Gasteiger partial charge in [-0.05, 0) is 36.8 Å². The monoisotopic (exact) mass is 281 g/mol. The average molecular weight is 281 g/mol. The highest BCUT2D eigenvalue weighted by atomic mass is 32.2. The molecule has 1 aliphatic rings. The summed E-state index contributed by atoms with van der Waals surface area (Å²) >= 11 is 0. The minimum Gasteiger partial charge on any atom is -0.314 e. The first-order valence-corrected chi connectivity index (χ1v) is 9.03. The van der Waals surface area contributed by atoms with Crippen molar-refractivity contribution in [3.8, 4) is 0 Å². The third-order valence-electron chi connectivity index (χ3n) is 3.85. The number of benzene rings is 1. The van der Waals surface area contributed by atoms with Gasteiger partial charge in [0.15, 0.2) is 0 Å². The molecular formula is C15H23NO2S. The SMILES string of the molecule is CCNC(CCS(C)(=O)=O)C1CC1c1ccccc1. The van der Waals surface area contributed by atoms with Crippen molar-refractivity contribution >= 4 is 9.84 Å². The van der Waals surface area contributed by atoms with E-state index in [2.05, 4.69) is 36.5 Å². The summed E-state index contributed by atoms with van der Waals surface area (Å²) in [6.07, 6.45) is 3.21. The van der Waals surface area contributed by atoms with E-state index in [0.29, 0.717) is 17.9 Å². The molecule has 106 valence electrons. The fourth-order valence-electron chi connectivity index (χ4n) is 2.81. The van der Waals surface area contributed by atoms with Crippen LogP contribution in [0.15, 0.2) is 30.3 Å². The summed E-state index contributed by atoms with van der Waals surface area (Å²) in [6, 6.07) is 10.8. The third kappa shape index (κ3) is 4.32. The van der Waals surface area contributed by atoms with E-state index >= 15 is 0 Å². The van der Waals surface area contributed by atoms with Crippen LogP contribution in [0.1, 0.15) is 31.2 Å². The number of nitrogens with one attached hydrogen (secondary N) is 1. The van der Waals surface area contributed by atoms with E-state index in [1.165, 1.54) is 18.2 Å². The fraction of sp³-hybridized carbons (Fsp3) is 0.600. The van der Waals surface area contributed by atoms with Crippen LogP contribution in [0.25, 0.3) is 0 Å². The molecule has 0 aliphatic heterocycles. The highest BCUT2D eigenvalue weighted by molar-refractivity contribution is 7.90. The zero-order valence-electron chi connectivity index (χ0n) is 11.7. The number of sulfone groups is 1. The molecule has 3 unspecified atom stereocenters. The lowest BCUT2D eigenvalue weighted by molar-refractivity contribution is 0.453. The molecule has 0 heterocycles. The van der Waals surface area contributed by atoms with E-state index in [0.717, 1.165) is 13.0 Å². The summed E-state index contributed by atoms with van der Waals surface area (Å²) in [5.74, 6) is 1.47. The molecule has 0 spiro atoms. The Kier molecular flexibility index (Phi) is 4.63. The Bertz CT molecular complexity index is 498. The van der Waals surface area contributed by atoms with Crippen LogP contribution in [0, 0.1) is 5.92 Å². The molecule has 2 rings (SSSR count). The zero-order valence-corrected chi connectivity index (χ0v) is 12.5. The van der Waals surface area contributed by atoms with Crippen LogP contribution in [0.2, 0.25) is 0 Å². The Hall–Kier alpha value is -0.870. The lowest BCUT2D eigenvalue weighted by Crippen LogP contribution is -2.33. The Labute approximate surface area is 116 Å². The molecule has 0 amide bonds. The maximum atomic E-state index is 11.3. The van der Waals surface area contributed by atoms with Gasteiger partial charge in [-0.2, -0.15) is 0 Å². The Morgan fingerprint density at radius 3 is 2.58 bits per heavy atom. The lowest BCUT2D eigenvalue weighted by atomic mass is 10.0. The molecule has 0 saturated heterocycles. The van der Waals surface area contributed by atoms with Gasteiger partial charge in [-0.15, -0.1) is 0 Å². The van der Waals surface area contributed by atoms with E-state index in [9.17, 15) is 8.42 Å². The van der Waals surface area contributed by atoms with Crippen molar-refractivity contribution in [1.82, 2.24) is 5.32 Å². The lowest BCUT2D eigenvalue weighted by Gasteiger charge is -2.17. The van der Waals surface area contributed by atoms with Crippen LogP contribution in [0.3, 0.4) is 0 Å². The molecule has 4 heteroatoms. The van der Waals surface area contributed by atoms with Gasteiger partial charge in [0.05, 0.1) is 5.75 Å². The Morgan fingerprint density at radius 1 is 1.32 bits per heavy atom. The van der Waals surface area contributed by atoms with Gasteiger partial charge in [-0.25, -0.2) is 8.42 Å². The smallest absolute Gasteiger partial charge is 0.147 e. The molecule has 1 saturated carbocycles. The summed E-state index contributed by atoms with van der Waals surface area (Å²) in [7, 11) is -2.87. The first-order valence-electron chi connectivity index (χ1n) is 6.97. The largest absolute Gasteiger partial charge is 0.314 e. The normalized spacial score (nSPS) is 24.1. The highest BCUT2D eigenvalue weighted by Crippen LogP contribution is 2.50. The number of rotatable bonds is 7. The molecule has 0 aromatic heterocycles. The molecule has 3 atom stereocenters. The van der Waals surface area contributed by atoms with Gasteiger partial charge in [0.1, 0.15) is 9.84 Å². The number of hydrogen-bond donors (Lipinski definition) is 1. The van der Waals surface area contributed by atoms with E-state index in [-0.39, 0.29) is 5.75 Å². The minimum atomic E-state index is -2.87. The molecule has 0 bridgehead atoms. The average Bonchev–Trinajstić information content (AvgIpc) is 3.14. The van der Waals surface area contributed by atoms with Crippen molar-refractivity contribution in [3.63, 3.8) is 0 Å². The Balaban J connectivity index is 1.95. The molecule has 3 nitrogen and oxygen atoms in total. The summed E-state index contributed by atoms with van der Waals surface area (Å²) in [5, 5.41) is 3.45. The first-order chi connectivity index (χ1) is 9.01. The summed E-state index contributed by atoms with van der Waals surface area (Å²) < 4.78 is 22.6. The van der Waals surface area contributed by atoms with E-state index in [1.807, 2.05) is 6.07 Å². The highest BCUT2D eigenvalue weighted by Gasteiger charge is 2.43. The second-order valence-corrected chi connectivity index (χ2v) is 7.76. The molecule has 1 aliphatic carbocycles. The van der Waals surface area contributed by atoms with Gasteiger partial charge >= 0.3 is 0 Å². The topological polar surface area (TPSA) is 46.2 Å². The predicted octanol–water partition coefficient (Wildman–Crippen LogP) is 2.20. The van der Waals surface area contributed by atoms with Crippen LogP contribution in [0.4, 0.5) is 0 Å². The molecule has 19 heavy (non-hydrogen) atoms. The van der Waals surface area contributed by atoms with Gasteiger partial charge in [0.2, 0.25) is 0 Å². The predicted molar refractivity (Wildman–Crippen MR) is 79.1 cm³/mol. The van der Waals surface area contributed by atoms with Crippen LogP contribution in [-0.4, -0.2) is 33.0 Å². The maximum Gasteiger partial charge on any atom is 0.147 e. The first kappa shape index (κ1) is 14.5. The van der Waals surface area contributed by atoms with Crippen LogP contribution in [0.5, 0.6) is 0 Å². The maximum absolute atomic E-state index is 11.3. The van der Waals surface area contributed by atoms with E-state index in [1.54, 1.807) is 0 Å². The van der Waals surface area contributed by atoms with Crippen molar-refractivity contribution in [2.24, 2.45) is 5.92 Å². The summed E-state index contributed by atoms with van der Waals surface area (Å²) in [6.45, 7) is 2.97.